The van der Waals surface area contributed by atoms with Gasteiger partial charge in [0.05, 0.1) is 18.7 Å². The normalized spacial score (nSPS) is 31.5. The number of ether oxygens (including phenoxy) is 1. The zero-order chi connectivity index (χ0) is 25.2. The highest BCUT2D eigenvalue weighted by Gasteiger charge is 2.76. The summed E-state index contributed by atoms with van der Waals surface area (Å²) in [4.78, 5) is 33.2. The third kappa shape index (κ3) is 3.22. The number of nitrogens with two attached hydrogens (primary N) is 2. The molecule has 1 aromatic carbocycles. The van der Waals surface area contributed by atoms with Crippen molar-refractivity contribution >= 4 is 24.2 Å². The maximum absolute atomic E-state index is 13.4. The molecule has 0 aliphatic carbocycles. The van der Waals surface area contributed by atoms with E-state index < -0.39 is 35.5 Å². The Balaban J connectivity index is 1.47. The third-order valence-corrected chi connectivity index (χ3v) is 7.56. The van der Waals surface area contributed by atoms with Crippen LogP contribution in [0.1, 0.15) is 36.2 Å². The molecule has 0 aromatic heterocycles. The van der Waals surface area contributed by atoms with Crippen molar-refractivity contribution in [3.63, 3.8) is 0 Å². The van der Waals surface area contributed by atoms with Crippen LogP contribution < -0.4 is 37.1 Å². The number of aliphatic imine (C=N–C) groups is 1. The number of hydrogen-bond donors (Lipinski definition) is 8. The Hall–Kier alpha value is -3.58. The second-order valence-electron chi connectivity index (χ2n) is 10.0. The van der Waals surface area contributed by atoms with Crippen molar-refractivity contribution in [2.45, 2.75) is 55.3 Å². The number of carbonyl (C=O) groups is 2. The molecule has 0 bridgehead atoms. The smallest absolute Gasteiger partial charge is 0.343 e. The molecule has 5 rings (SSSR count). The Morgan fingerprint density at radius 3 is 2.91 bits per heavy atom. The number of fused-ring (bicyclic) bond motifs is 1. The van der Waals surface area contributed by atoms with Crippen molar-refractivity contribution in [3.8, 4) is 5.75 Å². The molecule has 4 aliphatic heterocycles. The fourth-order valence-corrected chi connectivity index (χ4v) is 5.69. The molecule has 13 heteroatoms. The lowest BCUT2D eigenvalue weighted by Crippen LogP contribution is -2.90. The monoisotopic (exact) mass is 487 g/mol. The predicted molar refractivity (Wildman–Crippen MR) is 124 cm³/mol. The first-order valence-electron chi connectivity index (χ1n) is 11.5. The van der Waals surface area contributed by atoms with E-state index >= 15 is 0 Å². The van der Waals surface area contributed by atoms with E-state index in [9.17, 15) is 19.8 Å². The molecule has 1 saturated heterocycles. The van der Waals surface area contributed by atoms with Crippen LogP contribution in [0.25, 0.3) is 0 Å². The number of aliphatic hydroxyl groups is 2. The SMILES string of the molecule is CC1(C)CCOc2c(C(=O)NC3CN4C(N)=N[C@@H](CNC=O)[C@@H]5[NH+]=C(N)NC54C3(O)O)cccc21. The van der Waals surface area contributed by atoms with Crippen LogP contribution in [0, 0.1) is 0 Å². The average Bonchev–Trinajstić information content (AvgIpc) is 3.26. The highest BCUT2D eigenvalue weighted by molar-refractivity contribution is 5.98. The molecule has 35 heavy (non-hydrogen) atoms. The number of para-hydroxylation sites is 1. The number of amides is 2. The maximum atomic E-state index is 13.4. The molecule has 1 fully saturated rings. The number of benzene rings is 1. The Morgan fingerprint density at radius 2 is 2.17 bits per heavy atom. The van der Waals surface area contributed by atoms with Crippen molar-refractivity contribution in [3.05, 3.63) is 29.3 Å². The molecule has 10 N–H and O–H groups in total. The Morgan fingerprint density at radius 1 is 1.40 bits per heavy atom. The van der Waals surface area contributed by atoms with Crippen molar-refractivity contribution in [2.75, 3.05) is 19.7 Å². The van der Waals surface area contributed by atoms with Crippen LogP contribution in [0.5, 0.6) is 5.75 Å². The summed E-state index contributed by atoms with van der Waals surface area (Å²) >= 11 is 0. The topological polar surface area (TPSA) is 202 Å². The van der Waals surface area contributed by atoms with Gasteiger partial charge in [-0.2, -0.15) is 0 Å². The molecule has 4 aliphatic rings. The molecule has 0 radical (unpaired) electrons. The summed E-state index contributed by atoms with van der Waals surface area (Å²) < 4.78 is 5.86. The number of nitrogens with one attached hydrogen (secondary N) is 4. The van der Waals surface area contributed by atoms with Gasteiger partial charge in [-0.15, -0.1) is 0 Å². The zero-order valence-corrected chi connectivity index (χ0v) is 19.5. The van der Waals surface area contributed by atoms with Crippen molar-refractivity contribution < 1.29 is 29.5 Å². The molecule has 2 amide bonds. The van der Waals surface area contributed by atoms with E-state index in [2.05, 4.69) is 39.8 Å². The van der Waals surface area contributed by atoms with Crippen LogP contribution >= 0.6 is 0 Å². The fraction of sp³-hybridized carbons (Fsp3) is 0.545. The number of hydrogen-bond acceptors (Lipinski definition) is 10. The summed E-state index contributed by atoms with van der Waals surface area (Å²) in [6.07, 6.45) is 1.34. The van der Waals surface area contributed by atoms with E-state index in [0.717, 1.165) is 12.0 Å². The zero-order valence-electron chi connectivity index (χ0n) is 19.5. The van der Waals surface area contributed by atoms with Gasteiger partial charge in [0.15, 0.2) is 12.0 Å². The van der Waals surface area contributed by atoms with Crippen LogP contribution in [0.3, 0.4) is 0 Å². The average molecular weight is 488 g/mol. The van der Waals surface area contributed by atoms with E-state index in [1.165, 1.54) is 4.90 Å². The summed E-state index contributed by atoms with van der Waals surface area (Å²) in [5.74, 6) is -2.44. The van der Waals surface area contributed by atoms with E-state index in [4.69, 9.17) is 16.2 Å². The highest BCUT2D eigenvalue weighted by atomic mass is 16.5. The van der Waals surface area contributed by atoms with Crippen LogP contribution in [0.15, 0.2) is 23.2 Å². The van der Waals surface area contributed by atoms with Gasteiger partial charge >= 0.3 is 5.96 Å². The molecular weight excluding hydrogens is 456 g/mol. The number of rotatable bonds is 5. The molecule has 2 unspecified atom stereocenters. The van der Waals surface area contributed by atoms with Gasteiger partial charge in [0.1, 0.15) is 17.8 Å². The number of carbonyl (C=O) groups excluding carboxylic acids is 2. The van der Waals surface area contributed by atoms with Gasteiger partial charge in [0.25, 0.3) is 11.6 Å². The first-order valence-corrected chi connectivity index (χ1v) is 11.5. The molecule has 4 heterocycles. The van der Waals surface area contributed by atoms with E-state index in [-0.39, 0.29) is 30.4 Å². The first kappa shape index (κ1) is 23.2. The summed E-state index contributed by atoms with van der Waals surface area (Å²) in [6, 6.07) is 2.77. The lowest BCUT2D eigenvalue weighted by molar-refractivity contribution is -0.521. The van der Waals surface area contributed by atoms with Crippen LogP contribution in [-0.4, -0.2) is 88.6 Å². The predicted octanol–water partition coefficient (Wildman–Crippen LogP) is -4.65. The Bertz CT molecular complexity index is 1130. The van der Waals surface area contributed by atoms with Gasteiger partial charge in [0.2, 0.25) is 12.2 Å². The Kier molecular flexibility index (Phi) is 5.11. The minimum atomic E-state index is -2.53. The lowest BCUT2D eigenvalue weighted by Gasteiger charge is -2.46. The van der Waals surface area contributed by atoms with Gasteiger partial charge in [-0.1, -0.05) is 26.0 Å². The first-order chi connectivity index (χ1) is 16.5. The molecule has 0 saturated carbocycles. The lowest BCUT2D eigenvalue weighted by atomic mass is 9.79. The molecule has 4 atom stereocenters. The molecule has 188 valence electrons. The van der Waals surface area contributed by atoms with E-state index in [1.54, 1.807) is 12.1 Å². The molecule has 1 aromatic rings. The van der Waals surface area contributed by atoms with Crippen molar-refractivity contribution in [1.82, 2.24) is 20.9 Å². The van der Waals surface area contributed by atoms with E-state index in [1.807, 2.05) is 6.07 Å². The minimum absolute atomic E-state index is 0.0225. The van der Waals surface area contributed by atoms with Gasteiger partial charge in [-0.25, -0.2) is 10.3 Å². The Labute approximate surface area is 201 Å². The second-order valence-corrected chi connectivity index (χ2v) is 10.0. The van der Waals surface area contributed by atoms with Crippen molar-refractivity contribution in [2.24, 2.45) is 16.5 Å². The summed E-state index contributed by atoms with van der Waals surface area (Å²) in [7, 11) is 0. The highest BCUT2D eigenvalue weighted by Crippen LogP contribution is 2.42. The largest absolute Gasteiger partial charge is 0.492 e. The summed E-state index contributed by atoms with van der Waals surface area (Å²) in [5.41, 5.74) is 11.6. The summed E-state index contributed by atoms with van der Waals surface area (Å²) in [5, 5.41) is 31.2. The standard InChI is InChI=1S/C22H30N8O5/c1-20(2)6-7-35-15-11(4-3-5-12(15)20)17(32)27-14-9-30-19(24)26-13(8-25-10-31)16-21(30,22(14,33)34)29-18(23)28-16/h3-5,10,13-14,16,33-34H,6-9H2,1-2H3,(H2,24,26)(H,25,31)(H,27,32)(H3,23,28,29)/p+1/t13-,14?,16-,21?/m0/s1. The molecule has 1 spiro atoms. The van der Waals surface area contributed by atoms with Gasteiger partial charge in [-0.3, -0.25) is 25.2 Å². The van der Waals surface area contributed by atoms with E-state index in [0.29, 0.717) is 24.3 Å². The quantitative estimate of drug-likeness (QED) is 0.148. The van der Waals surface area contributed by atoms with Gasteiger partial charge in [-0.05, 0) is 17.9 Å². The van der Waals surface area contributed by atoms with Gasteiger partial charge in [0, 0.05) is 12.1 Å². The van der Waals surface area contributed by atoms with Gasteiger partial charge < -0.3 is 31.3 Å². The number of guanidine groups is 2. The minimum Gasteiger partial charge on any atom is -0.492 e. The van der Waals surface area contributed by atoms with Crippen LogP contribution in [-0.2, 0) is 10.2 Å². The van der Waals surface area contributed by atoms with Crippen LogP contribution in [0.2, 0.25) is 0 Å². The molecule has 13 nitrogen and oxygen atoms in total. The summed E-state index contributed by atoms with van der Waals surface area (Å²) in [6.45, 7) is 4.69. The second kappa shape index (κ2) is 7.71. The molecular formula is C22H31N8O5+. The van der Waals surface area contributed by atoms with Crippen LogP contribution in [0.4, 0.5) is 0 Å². The number of nitrogens with zero attached hydrogens (tertiary/aromatic N) is 2. The maximum Gasteiger partial charge on any atom is 0.343 e. The third-order valence-electron chi connectivity index (χ3n) is 7.56. The fourth-order valence-electron chi connectivity index (χ4n) is 5.69. The van der Waals surface area contributed by atoms with Crippen molar-refractivity contribution in [1.29, 1.82) is 0 Å².